The van der Waals surface area contributed by atoms with E-state index in [1.807, 2.05) is 0 Å². The highest BCUT2D eigenvalue weighted by molar-refractivity contribution is 9.13. The van der Waals surface area contributed by atoms with Gasteiger partial charge in [0.2, 0.25) is 0 Å². The lowest BCUT2D eigenvalue weighted by Crippen LogP contribution is -1.85. The largest absolute Gasteiger partial charge is 0.232 e. The van der Waals surface area contributed by atoms with Gasteiger partial charge in [-0.2, -0.15) is 0 Å². The molecule has 0 saturated heterocycles. The number of pyridine rings is 1. The summed E-state index contributed by atoms with van der Waals surface area (Å²) in [6, 6.07) is 0. The molecule has 0 unspecified atom stereocenters. The van der Waals surface area contributed by atoms with Crippen molar-refractivity contribution in [1.82, 2.24) is 4.98 Å². The highest BCUT2D eigenvalue weighted by atomic mass is 79.9. The lowest BCUT2D eigenvalue weighted by Gasteiger charge is -2.05. The summed E-state index contributed by atoms with van der Waals surface area (Å²) in [6.07, 6.45) is 0. The van der Waals surface area contributed by atoms with Crippen molar-refractivity contribution in [3.63, 3.8) is 0 Å². The Hall–Kier alpha value is 1.71. The fraction of sp³-hybridized carbons (Fsp3) is 0. The molecule has 0 saturated carbocycles. The summed E-state index contributed by atoms with van der Waals surface area (Å²) in [4.78, 5) is 5.04. The second kappa shape index (κ2) is 4.98. The first-order valence-electron chi connectivity index (χ1n) is 2.56. The first kappa shape index (κ1) is 11.8. The van der Waals surface area contributed by atoms with Crippen molar-refractivity contribution in [2.75, 3.05) is 0 Å². The van der Waals surface area contributed by atoms with Crippen molar-refractivity contribution in [2.24, 2.45) is 0 Å². The number of halogens is 5. The number of hydrogen-bond acceptors (Lipinski definition) is 2. The number of aromatic nitrogens is 1. The van der Waals surface area contributed by atoms with Gasteiger partial charge in [-0.3, -0.25) is 0 Å². The van der Waals surface area contributed by atoms with E-state index in [1.165, 1.54) is 0 Å². The van der Waals surface area contributed by atoms with E-state index in [1.54, 1.807) is 0 Å². The highest BCUT2D eigenvalue weighted by Crippen LogP contribution is 2.42. The molecule has 0 N–H and O–H groups in total. The molecule has 0 amide bonds. The lowest BCUT2D eigenvalue weighted by molar-refractivity contribution is 1.13. The molecule has 1 nitrogen and oxygen atoms in total. The lowest BCUT2D eigenvalue weighted by atomic mass is 10.5. The second-order valence-corrected chi connectivity index (χ2v) is 5.84. The molecule has 1 heterocycles. The summed E-state index contributed by atoms with van der Waals surface area (Å²) in [5.74, 6) is 0. The van der Waals surface area contributed by atoms with Gasteiger partial charge in [-0.1, -0.05) is 0 Å². The van der Waals surface area contributed by atoms with Crippen molar-refractivity contribution in [1.29, 1.82) is 0 Å². The predicted octanol–water partition coefficient (Wildman–Crippen LogP) is 5.38. The molecule has 0 aromatic carbocycles. The molecule has 66 valence electrons. The highest BCUT2D eigenvalue weighted by Gasteiger charge is 2.13. The van der Waals surface area contributed by atoms with Crippen LogP contribution in [0.4, 0.5) is 0 Å². The average Bonchev–Trinajstić information content (AvgIpc) is 2.02. The van der Waals surface area contributed by atoms with E-state index in [9.17, 15) is 0 Å². The molecular weight excluding hydrogens is 461 g/mol. The zero-order valence-electron chi connectivity index (χ0n) is 5.25. The third-order valence-corrected chi connectivity index (χ3v) is 6.34. The van der Waals surface area contributed by atoms with Crippen LogP contribution in [0.15, 0.2) is 23.0 Å². The van der Waals surface area contributed by atoms with Gasteiger partial charge in [0.15, 0.2) is 0 Å². The maximum atomic E-state index is 5.67. The van der Waals surface area contributed by atoms with E-state index in [-0.39, 0.29) is 0 Å². The maximum Gasteiger partial charge on any atom is 0.122 e. The van der Waals surface area contributed by atoms with Crippen LogP contribution >= 0.6 is 85.4 Å². The van der Waals surface area contributed by atoms with Crippen molar-refractivity contribution >= 4 is 85.4 Å². The van der Waals surface area contributed by atoms with Gasteiger partial charge in [0.1, 0.15) is 9.21 Å². The number of hydrogen-bond donors (Lipinski definition) is 0. The standard InChI is InChI=1S/C5Br4ClNS/c6-1-3(12-10)2(7)5(9)11-4(1)8. The fourth-order valence-corrected chi connectivity index (χ4v) is 4.46. The van der Waals surface area contributed by atoms with Crippen LogP contribution in [0.25, 0.3) is 0 Å². The van der Waals surface area contributed by atoms with Crippen LogP contribution in [-0.2, 0) is 0 Å². The summed E-state index contributed by atoms with van der Waals surface area (Å²) in [5, 5.41) is 0. The Kier molecular flexibility index (Phi) is 4.89. The van der Waals surface area contributed by atoms with Crippen molar-refractivity contribution in [3.8, 4) is 0 Å². The molecule has 0 aliphatic rings. The summed E-state index contributed by atoms with van der Waals surface area (Å²) in [5.41, 5.74) is 0. The predicted molar refractivity (Wildman–Crippen MR) is 66.7 cm³/mol. The van der Waals surface area contributed by atoms with Gasteiger partial charge in [0.05, 0.1) is 13.8 Å². The normalized spacial score (nSPS) is 10.4. The molecule has 1 aromatic rings. The molecule has 0 radical (unpaired) electrons. The Morgan fingerprint density at radius 1 is 1.00 bits per heavy atom. The molecule has 1 aromatic heterocycles. The van der Waals surface area contributed by atoms with Gasteiger partial charge in [-0.15, -0.1) is 0 Å². The zero-order chi connectivity index (χ0) is 9.30. The molecule has 0 spiro atoms. The first-order chi connectivity index (χ1) is 5.57. The van der Waals surface area contributed by atoms with Gasteiger partial charge in [-0.25, -0.2) is 4.98 Å². The molecule has 1 rings (SSSR count). The number of rotatable bonds is 1. The quantitative estimate of drug-likeness (QED) is 0.522. The van der Waals surface area contributed by atoms with Crippen LogP contribution in [0.2, 0.25) is 0 Å². The van der Waals surface area contributed by atoms with E-state index >= 15 is 0 Å². The Morgan fingerprint density at radius 3 is 1.75 bits per heavy atom. The topological polar surface area (TPSA) is 12.9 Å². The van der Waals surface area contributed by atoms with Gasteiger partial charge in [0.25, 0.3) is 0 Å². The third kappa shape index (κ3) is 2.39. The van der Waals surface area contributed by atoms with Crippen molar-refractivity contribution in [3.05, 3.63) is 18.2 Å². The zero-order valence-corrected chi connectivity index (χ0v) is 13.2. The Bertz CT molecular complexity index is 293. The minimum absolute atomic E-state index is 0.723. The second-order valence-electron chi connectivity index (χ2n) is 1.73. The Balaban J connectivity index is 3.42. The molecule has 0 aliphatic heterocycles. The average molecular weight is 461 g/mol. The van der Waals surface area contributed by atoms with Gasteiger partial charge in [0, 0.05) is 0 Å². The molecule has 0 atom stereocenters. The van der Waals surface area contributed by atoms with Crippen LogP contribution in [0.1, 0.15) is 0 Å². The van der Waals surface area contributed by atoms with Gasteiger partial charge in [-0.05, 0) is 85.4 Å². The molecule has 7 heteroatoms. The molecule has 0 fully saturated rings. The maximum absolute atomic E-state index is 5.67. The van der Waals surface area contributed by atoms with Crippen LogP contribution < -0.4 is 0 Å². The Labute approximate surface area is 112 Å². The van der Waals surface area contributed by atoms with E-state index in [4.69, 9.17) is 10.7 Å². The fourth-order valence-electron chi connectivity index (χ4n) is 0.536. The third-order valence-electron chi connectivity index (χ3n) is 1.03. The van der Waals surface area contributed by atoms with E-state index in [0.717, 1.165) is 34.0 Å². The minimum atomic E-state index is 0.723. The summed E-state index contributed by atoms with van der Waals surface area (Å²) in [6.45, 7) is 0. The minimum Gasteiger partial charge on any atom is -0.232 e. The van der Waals surface area contributed by atoms with E-state index < -0.39 is 0 Å². The monoisotopic (exact) mass is 457 g/mol. The van der Waals surface area contributed by atoms with Crippen LogP contribution in [-0.4, -0.2) is 4.98 Å². The smallest absolute Gasteiger partial charge is 0.122 e. The Morgan fingerprint density at radius 2 is 1.42 bits per heavy atom. The molecular formula is C5Br4ClNS. The van der Waals surface area contributed by atoms with E-state index in [2.05, 4.69) is 68.7 Å². The van der Waals surface area contributed by atoms with E-state index in [0.29, 0.717) is 0 Å². The van der Waals surface area contributed by atoms with Crippen molar-refractivity contribution in [2.45, 2.75) is 4.90 Å². The SMILES string of the molecule is ClSc1c(Br)c(Br)nc(Br)c1Br. The molecule has 0 aliphatic carbocycles. The van der Waals surface area contributed by atoms with Crippen LogP contribution in [0.5, 0.6) is 0 Å². The summed E-state index contributed by atoms with van der Waals surface area (Å²) in [7, 11) is 6.80. The number of nitrogens with zero attached hydrogens (tertiary/aromatic N) is 1. The molecule has 12 heavy (non-hydrogen) atoms. The van der Waals surface area contributed by atoms with Gasteiger partial charge >= 0.3 is 0 Å². The summed E-state index contributed by atoms with van der Waals surface area (Å²) >= 11 is 13.3. The molecule has 0 bridgehead atoms. The summed E-state index contributed by atoms with van der Waals surface area (Å²) < 4.78 is 3.14. The first-order valence-corrected chi connectivity index (χ1v) is 7.38. The van der Waals surface area contributed by atoms with Crippen molar-refractivity contribution < 1.29 is 0 Å². The van der Waals surface area contributed by atoms with Gasteiger partial charge < -0.3 is 0 Å². The van der Waals surface area contributed by atoms with Crippen LogP contribution in [0, 0.1) is 0 Å². The van der Waals surface area contributed by atoms with Crippen LogP contribution in [0.3, 0.4) is 0 Å².